The van der Waals surface area contributed by atoms with Crippen molar-refractivity contribution in [2.75, 3.05) is 7.11 Å². The fourth-order valence-corrected chi connectivity index (χ4v) is 6.03. The van der Waals surface area contributed by atoms with Crippen LogP contribution in [-0.2, 0) is 14.9 Å². The Morgan fingerprint density at radius 2 is 1.90 bits per heavy atom. The molecule has 0 radical (unpaired) electrons. The number of methoxy groups -OCH3 is 1. The van der Waals surface area contributed by atoms with Crippen LogP contribution in [0.2, 0.25) is 0 Å². The van der Waals surface area contributed by atoms with Crippen molar-refractivity contribution >= 4 is 5.97 Å². The van der Waals surface area contributed by atoms with E-state index in [-0.39, 0.29) is 16.8 Å². The number of hydrogen-bond donors (Lipinski definition) is 0. The second kappa shape index (κ2) is 4.34. The van der Waals surface area contributed by atoms with Crippen molar-refractivity contribution in [3.05, 3.63) is 35.4 Å². The molecule has 1 aromatic carbocycles. The summed E-state index contributed by atoms with van der Waals surface area (Å²) in [7, 11) is 1.56. The molecule has 2 unspecified atom stereocenters. The molecule has 1 aromatic rings. The van der Waals surface area contributed by atoms with Crippen molar-refractivity contribution in [2.45, 2.75) is 50.9 Å². The molecule has 4 bridgehead atoms. The first kappa shape index (κ1) is 13.4. The van der Waals surface area contributed by atoms with Crippen molar-refractivity contribution < 1.29 is 9.53 Å². The Labute approximate surface area is 126 Å². The van der Waals surface area contributed by atoms with Gasteiger partial charge in [0.2, 0.25) is 0 Å². The van der Waals surface area contributed by atoms with Gasteiger partial charge in [0.15, 0.2) is 0 Å². The predicted octanol–water partition coefficient (Wildman–Crippen LogP) is 4.01. The summed E-state index contributed by atoms with van der Waals surface area (Å²) < 4.78 is 5.20. The van der Waals surface area contributed by atoms with Gasteiger partial charge in [-0.2, -0.15) is 0 Å². The van der Waals surface area contributed by atoms with Crippen LogP contribution in [0.5, 0.6) is 0 Å². The van der Waals surface area contributed by atoms with Crippen LogP contribution in [0.4, 0.5) is 0 Å². The molecule has 0 amide bonds. The van der Waals surface area contributed by atoms with Gasteiger partial charge in [-0.15, -0.1) is 0 Å². The number of rotatable bonds is 2. The lowest BCUT2D eigenvalue weighted by Crippen LogP contribution is -2.57. The van der Waals surface area contributed by atoms with Crippen LogP contribution in [0, 0.1) is 24.2 Å². The van der Waals surface area contributed by atoms with Crippen molar-refractivity contribution in [1.82, 2.24) is 0 Å². The minimum atomic E-state index is -0.192. The summed E-state index contributed by atoms with van der Waals surface area (Å²) in [6, 6.07) is 8.97. The summed E-state index contributed by atoms with van der Waals surface area (Å²) in [5.41, 5.74) is 2.83. The quantitative estimate of drug-likeness (QED) is 0.767. The van der Waals surface area contributed by atoms with Gasteiger partial charge in [-0.1, -0.05) is 29.8 Å². The minimum Gasteiger partial charge on any atom is -0.469 e. The zero-order chi connectivity index (χ0) is 14.7. The highest BCUT2D eigenvalue weighted by Crippen LogP contribution is 2.66. The fraction of sp³-hybridized carbons (Fsp3) is 0.632. The monoisotopic (exact) mass is 284 g/mol. The highest BCUT2D eigenvalue weighted by molar-refractivity contribution is 5.78. The number of esters is 1. The molecule has 4 saturated carbocycles. The van der Waals surface area contributed by atoms with Gasteiger partial charge in [0.1, 0.15) is 0 Å². The second-order valence-electron chi connectivity index (χ2n) is 7.88. The standard InChI is InChI=1S/C19H24O2/c1-13-4-3-5-16(6-13)18-8-14-7-15(9-18)11-19(10-14,12-18)17(20)21-2/h3-6,14-15H,7-12H2,1-2H3. The molecule has 21 heavy (non-hydrogen) atoms. The maximum absolute atomic E-state index is 12.5. The molecule has 112 valence electrons. The SMILES string of the molecule is COC(=O)C12CC3CC(C1)CC(c1cccc(C)c1)(C3)C2. The number of benzene rings is 1. The van der Waals surface area contributed by atoms with Crippen molar-refractivity contribution in [1.29, 1.82) is 0 Å². The van der Waals surface area contributed by atoms with Gasteiger partial charge in [-0.3, -0.25) is 4.79 Å². The number of carbonyl (C=O) groups is 1. The second-order valence-corrected chi connectivity index (χ2v) is 7.88. The Kier molecular flexibility index (Phi) is 2.76. The molecule has 0 heterocycles. The first-order valence-electron chi connectivity index (χ1n) is 8.21. The predicted molar refractivity (Wildman–Crippen MR) is 82.0 cm³/mol. The van der Waals surface area contributed by atoms with Crippen LogP contribution in [0.25, 0.3) is 0 Å². The maximum atomic E-state index is 12.5. The number of aryl methyl sites for hydroxylation is 1. The number of ether oxygens (including phenoxy) is 1. The third kappa shape index (κ3) is 1.88. The normalized spacial score (nSPS) is 40.3. The smallest absolute Gasteiger partial charge is 0.311 e. The van der Waals surface area contributed by atoms with E-state index in [0.29, 0.717) is 11.8 Å². The maximum Gasteiger partial charge on any atom is 0.311 e. The Morgan fingerprint density at radius 1 is 1.19 bits per heavy atom. The van der Waals surface area contributed by atoms with Gasteiger partial charge in [0, 0.05) is 0 Å². The summed E-state index contributed by atoms with van der Waals surface area (Å²) in [6.07, 6.45) is 6.99. The summed E-state index contributed by atoms with van der Waals surface area (Å²) in [5, 5.41) is 0. The van der Waals surface area contributed by atoms with Gasteiger partial charge in [-0.05, 0) is 68.3 Å². The summed E-state index contributed by atoms with van der Waals surface area (Å²) in [6.45, 7) is 2.17. The van der Waals surface area contributed by atoms with Gasteiger partial charge in [0.05, 0.1) is 12.5 Å². The molecule has 0 N–H and O–H groups in total. The molecule has 4 fully saturated rings. The van der Waals surface area contributed by atoms with E-state index in [1.54, 1.807) is 7.11 Å². The molecule has 2 nitrogen and oxygen atoms in total. The summed E-state index contributed by atoms with van der Waals surface area (Å²) in [5.74, 6) is 1.48. The van der Waals surface area contributed by atoms with E-state index in [2.05, 4.69) is 31.2 Å². The summed E-state index contributed by atoms with van der Waals surface area (Å²) >= 11 is 0. The number of carbonyl (C=O) groups excluding carboxylic acids is 1. The zero-order valence-corrected chi connectivity index (χ0v) is 13.0. The van der Waals surface area contributed by atoms with E-state index >= 15 is 0 Å². The highest BCUT2D eigenvalue weighted by atomic mass is 16.5. The molecule has 4 aliphatic carbocycles. The largest absolute Gasteiger partial charge is 0.469 e. The van der Waals surface area contributed by atoms with Gasteiger partial charge < -0.3 is 4.74 Å². The molecule has 0 aromatic heterocycles. The van der Waals surface area contributed by atoms with Gasteiger partial charge in [0.25, 0.3) is 0 Å². The van der Waals surface area contributed by atoms with Crippen molar-refractivity contribution in [3.8, 4) is 0 Å². The molecular formula is C19H24O2. The molecule has 4 aliphatic rings. The lowest BCUT2D eigenvalue weighted by Gasteiger charge is -2.61. The van der Waals surface area contributed by atoms with Crippen LogP contribution in [0.3, 0.4) is 0 Å². The first-order valence-corrected chi connectivity index (χ1v) is 8.21. The fourth-order valence-electron chi connectivity index (χ4n) is 6.03. The molecule has 0 saturated heterocycles. The third-order valence-electron chi connectivity index (χ3n) is 6.31. The zero-order valence-electron chi connectivity index (χ0n) is 13.0. The average molecular weight is 284 g/mol. The molecule has 2 heteroatoms. The lowest BCUT2D eigenvalue weighted by molar-refractivity contribution is -0.171. The lowest BCUT2D eigenvalue weighted by atomic mass is 9.43. The van der Waals surface area contributed by atoms with Crippen LogP contribution in [0.1, 0.15) is 49.7 Å². The summed E-state index contributed by atoms with van der Waals surface area (Å²) in [4.78, 5) is 12.5. The van der Waals surface area contributed by atoms with E-state index in [0.717, 1.165) is 19.3 Å². The van der Waals surface area contributed by atoms with E-state index in [4.69, 9.17) is 4.74 Å². The Balaban J connectivity index is 1.78. The molecule has 5 rings (SSSR count). The average Bonchev–Trinajstić information content (AvgIpc) is 2.45. The van der Waals surface area contributed by atoms with Gasteiger partial charge >= 0.3 is 5.97 Å². The molecule has 0 spiro atoms. The van der Waals surface area contributed by atoms with Crippen LogP contribution in [0.15, 0.2) is 24.3 Å². The molecular weight excluding hydrogens is 260 g/mol. The number of hydrogen-bond acceptors (Lipinski definition) is 2. The van der Waals surface area contributed by atoms with Crippen LogP contribution in [-0.4, -0.2) is 13.1 Å². The van der Waals surface area contributed by atoms with Crippen molar-refractivity contribution in [3.63, 3.8) is 0 Å². The topological polar surface area (TPSA) is 26.3 Å². The van der Waals surface area contributed by atoms with E-state index in [9.17, 15) is 4.79 Å². The van der Waals surface area contributed by atoms with Crippen LogP contribution < -0.4 is 0 Å². The third-order valence-corrected chi connectivity index (χ3v) is 6.31. The Bertz CT molecular complexity index is 575. The molecule has 0 aliphatic heterocycles. The first-order chi connectivity index (χ1) is 10.1. The van der Waals surface area contributed by atoms with E-state index in [1.807, 2.05) is 0 Å². The van der Waals surface area contributed by atoms with Gasteiger partial charge in [-0.25, -0.2) is 0 Å². The Hall–Kier alpha value is -1.31. The van der Waals surface area contributed by atoms with E-state index in [1.165, 1.54) is 30.4 Å². The molecule has 2 atom stereocenters. The highest BCUT2D eigenvalue weighted by Gasteiger charge is 2.61. The van der Waals surface area contributed by atoms with Crippen molar-refractivity contribution in [2.24, 2.45) is 17.3 Å². The Morgan fingerprint density at radius 3 is 2.52 bits per heavy atom. The van der Waals surface area contributed by atoms with E-state index < -0.39 is 0 Å². The van der Waals surface area contributed by atoms with Crippen LogP contribution >= 0.6 is 0 Å². The minimum absolute atomic E-state index is 0.0497.